The lowest BCUT2D eigenvalue weighted by molar-refractivity contribution is -0.660. The molecule has 0 saturated heterocycles. The van der Waals surface area contributed by atoms with E-state index in [2.05, 4.69) is 376 Å². The first-order chi connectivity index (χ1) is 45.7. The molecule has 4 heterocycles. The lowest BCUT2D eigenvalue weighted by Gasteiger charge is -2.25. The number of aromatic nitrogens is 4. The predicted molar refractivity (Wildman–Crippen MR) is 400 cm³/mol. The van der Waals surface area contributed by atoms with Crippen LogP contribution in [0.1, 0.15) is 144 Å². The molecule has 16 rings (SSSR count). The first-order valence-corrected chi connectivity index (χ1v) is 34.5. The fraction of sp³-hybridized carbons (Fsp3) is 0.261. The summed E-state index contributed by atoms with van der Waals surface area (Å²) in [6.45, 7) is 36.9. The van der Waals surface area contributed by atoms with E-state index in [4.69, 9.17) is 0 Å². The molecule has 0 N–H and O–H groups in total. The average molecular weight is 1260 g/mol. The molecule has 0 fully saturated rings. The van der Waals surface area contributed by atoms with Gasteiger partial charge >= 0.3 is 0 Å². The molecule has 0 saturated carbocycles. The van der Waals surface area contributed by atoms with Crippen LogP contribution in [0.5, 0.6) is 0 Å². The molecule has 8 aromatic carbocycles. The van der Waals surface area contributed by atoms with Gasteiger partial charge in [0.25, 0.3) is 0 Å². The van der Waals surface area contributed by atoms with Crippen LogP contribution in [-0.2, 0) is 49.9 Å². The maximum absolute atomic E-state index is 2.42. The summed E-state index contributed by atoms with van der Waals surface area (Å²) >= 11 is 0. The zero-order valence-corrected chi connectivity index (χ0v) is 60.6. The Bertz CT molecular complexity index is 4820. The second-order valence-electron chi connectivity index (χ2n) is 29.9. The number of hydrogen-bond acceptors (Lipinski definition) is 0. The minimum Gasteiger partial charge on any atom is -0.201 e. The predicted octanol–water partition coefficient (Wildman–Crippen LogP) is 20.4. The Labute approximate surface area is 573 Å². The minimum atomic E-state index is 0.0474. The van der Waals surface area contributed by atoms with Crippen molar-refractivity contribution in [2.75, 3.05) is 0 Å². The summed E-state index contributed by atoms with van der Waals surface area (Å²) in [6, 6.07) is 70.8. The van der Waals surface area contributed by atoms with Gasteiger partial charge in [-0.15, -0.1) is 0 Å². The zero-order chi connectivity index (χ0) is 68.2. The van der Waals surface area contributed by atoms with Crippen LogP contribution >= 0.6 is 0 Å². The molecule has 0 bridgehead atoms. The van der Waals surface area contributed by atoms with Gasteiger partial charge in [0.1, 0.15) is 28.2 Å². The van der Waals surface area contributed by atoms with Crippen molar-refractivity contribution in [3.8, 4) is 89.5 Å². The first kappa shape index (κ1) is 65.0. The van der Waals surface area contributed by atoms with Gasteiger partial charge in [-0.3, -0.25) is 0 Å². The van der Waals surface area contributed by atoms with Crippen molar-refractivity contribution < 1.29 is 18.3 Å². The van der Waals surface area contributed by atoms with Gasteiger partial charge in [-0.1, -0.05) is 165 Å². The maximum atomic E-state index is 2.42. The fourth-order valence-corrected chi connectivity index (χ4v) is 17.6. The van der Waals surface area contributed by atoms with Gasteiger partial charge in [-0.2, -0.15) is 0 Å². The third-order valence-electron chi connectivity index (χ3n) is 22.7. The monoisotopic (exact) mass is 1260 g/mol. The fourth-order valence-electron chi connectivity index (χ4n) is 17.6. The molecular formula is C92H96N4+4. The summed E-state index contributed by atoms with van der Waals surface area (Å²) in [5.74, 6) is 0. The maximum Gasteiger partial charge on any atom is 0.212 e. The molecule has 0 amide bonds. The lowest BCUT2D eigenvalue weighted by Crippen LogP contribution is -2.30. The van der Waals surface area contributed by atoms with Crippen LogP contribution in [0.2, 0.25) is 0 Å². The zero-order valence-electron chi connectivity index (χ0n) is 60.6. The highest BCUT2D eigenvalue weighted by atomic mass is 14.9. The second-order valence-corrected chi connectivity index (χ2v) is 29.9. The SMILES string of the molecule is Cc1c(-c2cccc[n+]2C)cc2c(c1C)-c1ccccc1C2(C)C.Cc1c(-c2cccc[n+]2C)cc2c(c1C)-c1ccccc1C2(C)C.Cc1cc2c(c(C)c1-c1cccc[n+]1C)C(C)(C)c1ccccc1-2.Cc1cc2c(c(C)c1-c1cccc[n+]1C)C(C)(C)c1ccccc1-2. The quantitative estimate of drug-likeness (QED) is 0.156. The van der Waals surface area contributed by atoms with Crippen LogP contribution in [0.15, 0.2) is 219 Å². The van der Waals surface area contributed by atoms with Crippen LogP contribution in [-0.4, -0.2) is 0 Å². The number of hydrogen-bond donors (Lipinski definition) is 0. The van der Waals surface area contributed by atoms with E-state index < -0.39 is 0 Å². The summed E-state index contributed by atoms with van der Waals surface area (Å²) < 4.78 is 8.86. The molecule has 0 radical (unpaired) electrons. The van der Waals surface area contributed by atoms with Crippen LogP contribution < -0.4 is 18.3 Å². The average Bonchev–Trinajstić information content (AvgIpc) is 1.59. The molecule has 480 valence electrons. The van der Waals surface area contributed by atoms with Crippen molar-refractivity contribution in [2.45, 2.75) is 132 Å². The summed E-state index contributed by atoms with van der Waals surface area (Å²) in [6.07, 6.45) is 8.50. The van der Waals surface area contributed by atoms with Crippen LogP contribution in [0.4, 0.5) is 0 Å². The van der Waals surface area contributed by atoms with Crippen molar-refractivity contribution >= 4 is 0 Å². The Morgan fingerprint density at radius 2 is 0.490 bits per heavy atom. The molecule has 0 aliphatic heterocycles. The van der Waals surface area contributed by atoms with E-state index in [-0.39, 0.29) is 21.7 Å². The van der Waals surface area contributed by atoms with Gasteiger partial charge in [0.05, 0.1) is 11.1 Å². The number of pyridine rings is 4. The smallest absolute Gasteiger partial charge is 0.201 e. The summed E-state index contributed by atoms with van der Waals surface area (Å²) in [7, 11) is 8.50. The van der Waals surface area contributed by atoms with E-state index in [1.54, 1.807) is 0 Å². The van der Waals surface area contributed by atoms with E-state index in [1.807, 2.05) is 0 Å². The number of fused-ring (bicyclic) bond motifs is 12. The molecule has 0 atom stereocenters. The minimum absolute atomic E-state index is 0.0474. The Hall–Kier alpha value is -9.64. The standard InChI is InChI=1S/4C23H24N/c2*1-15-16(2)22-17-10-6-7-11-19(17)23(3,4)20(22)14-18(15)21-12-8-9-13-24(21)5;2*1-15-14-18-17-10-6-7-11-19(17)23(3,4)22(18)16(2)21(15)20-12-8-9-13-24(20)5/h4*6-14H,1-5H3/q4*+1. The molecule has 0 spiro atoms. The van der Waals surface area contributed by atoms with E-state index >= 15 is 0 Å². The summed E-state index contributed by atoms with van der Waals surface area (Å²) in [5.41, 5.74) is 44.7. The van der Waals surface area contributed by atoms with E-state index in [9.17, 15) is 0 Å². The van der Waals surface area contributed by atoms with Crippen LogP contribution in [0.3, 0.4) is 0 Å². The number of aryl methyl sites for hydroxylation is 6. The summed E-state index contributed by atoms with van der Waals surface area (Å²) in [4.78, 5) is 0. The highest BCUT2D eigenvalue weighted by Gasteiger charge is 2.42. The first-order valence-electron chi connectivity index (χ1n) is 34.5. The topological polar surface area (TPSA) is 15.5 Å². The Morgan fingerprint density at radius 1 is 0.219 bits per heavy atom. The van der Waals surface area contributed by atoms with E-state index in [1.165, 1.54) is 179 Å². The Morgan fingerprint density at radius 3 is 0.802 bits per heavy atom. The van der Waals surface area contributed by atoms with E-state index in [0.717, 1.165) is 0 Å². The van der Waals surface area contributed by atoms with Crippen molar-refractivity contribution in [3.63, 3.8) is 0 Å². The van der Waals surface area contributed by atoms with Gasteiger partial charge in [-0.05, 0) is 225 Å². The number of benzene rings is 8. The summed E-state index contributed by atoms with van der Waals surface area (Å²) in [5, 5.41) is 0. The van der Waals surface area contributed by atoms with Gasteiger partial charge in [0.15, 0.2) is 24.8 Å². The van der Waals surface area contributed by atoms with Crippen molar-refractivity contribution in [1.29, 1.82) is 0 Å². The largest absolute Gasteiger partial charge is 0.212 e. The Balaban J connectivity index is 0.000000116. The lowest BCUT2D eigenvalue weighted by atomic mass is 9.78. The highest BCUT2D eigenvalue weighted by Crippen LogP contribution is 2.56. The molecule has 4 aliphatic rings. The van der Waals surface area contributed by atoms with Gasteiger partial charge < -0.3 is 0 Å². The molecule has 96 heavy (non-hydrogen) atoms. The Kier molecular flexibility index (Phi) is 16.4. The van der Waals surface area contributed by atoms with Crippen LogP contribution in [0.25, 0.3) is 89.5 Å². The van der Waals surface area contributed by atoms with E-state index in [0.29, 0.717) is 0 Å². The number of nitrogens with zero attached hydrogens (tertiary/aromatic N) is 4. The molecule has 4 aliphatic carbocycles. The molecule has 4 heteroatoms. The molecular weight excluding hydrogens is 1160 g/mol. The normalized spacial score (nSPS) is 14.4. The highest BCUT2D eigenvalue weighted by molar-refractivity contribution is 5.91. The molecule has 4 nitrogen and oxygen atoms in total. The second kappa shape index (κ2) is 24.2. The van der Waals surface area contributed by atoms with Crippen LogP contribution in [0, 0.1) is 55.4 Å². The van der Waals surface area contributed by atoms with Crippen molar-refractivity contribution in [3.05, 3.63) is 308 Å². The number of rotatable bonds is 4. The van der Waals surface area contributed by atoms with Gasteiger partial charge in [0.2, 0.25) is 22.8 Å². The molecule has 4 aromatic heterocycles. The molecule has 0 unspecified atom stereocenters. The van der Waals surface area contributed by atoms with Crippen molar-refractivity contribution in [2.24, 2.45) is 28.2 Å². The third-order valence-corrected chi connectivity index (χ3v) is 22.7. The molecule has 12 aromatic rings. The third kappa shape index (κ3) is 10.3. The van der Waals surface area contributed by atoms with Gasteiger partial charge in [0, 0.05) is 81.3 Å². The van der Waals surface area contributed by atoms with Gasteiger partial charge in [-0.25, -0.2) is 18.3 Å². The van der Waals surface area contributed by atoms with Crippen molar-refractivity contribution in [1.82, 2.24) is 0 Å².